The van der Waals surface area contributed by atoms with Gasteiger partial charge in [0.05, 0.1) is 0 Å². The van der Waals surface area contributed by atoms with Gasteiger partial charge < -0.3 is 14.8 Å². The van der Waals surface area contributed by atoms with Crippen LogP contribution in [0.25, 0.3) is 0 Å². The second-order valence-corrected chi connectivity index (χ2v) is 6.00. The lowest BCUT2D eigenvalue weighted by Gasteiger charge is -2.22. The summed E-state index contributed by atoms with van der Waals surface area (Å²) in [6, 6.07) is 3.17. The Balaban J connectivity index is 0.00000277. The number of likely N-dealkylation sites (N-methyl/N-ethyl adjacent to an activating group) is 1. The summed E-state index contributed by atoms with van der Waals surface area (Å²) in [4.78, 5) is 17.2. The van der Waals surface area contributed by atoms with Crippen molar-refractivity contribution >= 4 is 6.09 Å². The Hall–Kier alpha value is -1.89. The minimum absolute atomic E-state index is 0.149. The first kappa shape index (κ1) is 23.1. The van der Waals surface area contributed by atoms with Gasteiger partial charge in [0.2, 0.25) is 0 Å². The van der Waals surface area contributed by atoms with Crippen LogP contribution in [-0.2, 0) is 4.74 Å². The fourth-order valence-corrected chi connectivity index (χ4v) is 1.82. The Morgan fingerprint density at radius 3 is 2.56 bits per heavy atom. The second kappa shape index (κ2) is 12.5. The molecule has 1 heterocycles. The second-order valence-electron chi connectivity index (χ2n) is 6.00. The summed E-state index contributed by atoms with van der Waals surface area (Å²) < 4.78 is 23.8. The van der Waals surface area contributed by atoms with E-state index in [0.717, 1.165) is 6.54 Å². The molecule has 0 bridgehead atoms. The standard InChI is InChI=1S/C16H26FN3O3.C2H6/c1-5-20(10-9-19-15(21)23-16(2,3)4)11-12-22-13-7-6-8-18-14(13)17;1-2/h6-8H,5,9-12H2,1-4H3,(H,19,21);1-2H3. The average Bonchev–Trinajstić information content (AvgIpc) is 2.55. The Kier molecular flexibility index (Phi) is 11.5. The average molecular weight is 357 g/mol. The van der Waals surface area contributed by atoms with Gasteiger partial charge in [-0.1, -0.05) is 20.8 Å². The number of amides is 1. The number of aromatic nitrogens is 1. The summed E-state index contributed by atoms with van der Waals surface area (Å²) in [6.45, 7) is 14.4. The van der Waals surface area contributed by atoms with Crippen molar-refractivity contribution in [3.8, 4) is 5.75 Å². The minimum atomic E-state index is -0.609. The molecular weight excluding hydrogens is 325 g/mol. The van der Waals surface area contributed by atoms with E-state index < -0.39 is 17.6 Å². The van der Waals surface area contributed by atoms with Crippen molar-refractivity contribution in [1.29, 1.82) is 0 Å². The molecule has 0 radical (unpaired) electrons. The summed E-state index contributed by atoms with van der Waals surface area (Å²) in [5.74, 6) is -0.461. The zero-order valence-corrected chi connectivity index (χ0v) is 16.3. The molecule has 7 heteroatoms. The van der Waals surface area contributed by atoms with Gasteiger partial charge in [0.15, 0.2) is 5.75 Å². The smallest absolute Gasteiger partial charge is 0.407 e. The SMILES string of the molecule is CC.CCN(CCNC(=O)OC(C)(C)C)CCOc1cccnc1F. The third-order valence-electron chi connectivity index (χ3n) is 2.93. The number of hydrogen-bond acceptors (Lipinski definition) is 5. The number of hydrogen-bond donors (Lipinski definition) is 1. The topological polar surface area (TPSA) is 63.7 Å². The predicted molar refractivity (Wildman–Crippen MR) is 97.4 cm³/mol. The van der Waals surface area contributed by atoms with Crippen molar-refractivity contribution in [1.82, 2.24) is 15.2 Å². The van der Waals surface area contributed by atoms with Crippen LogP contribution < -0.4 is 10.1 Å². The summed E-state index contributed by atoms with van der Waals surface area (Å²) >= 11 is 0. The molecule has 6 nitrogen and oxygen atoms in total. The number of nitrogens with one attached hydrogen (secondary N) is 1. The van der Waals surface area contributed by atoms with Crippen LogP contribution in [0.2, 0.25) is 0 Å². The number of pyridine rings is 1. The van der Waals surface area contributed by atoms with Gasteiger partial charge in [0.25, 0.3) is 5.95 Å². The highest BCUT2D eigenvalue weighted by molar-refractivity contribution is 5.67. The van der Waals surface area contributed by atoms with Crippen LogP contribution in [0.4, 0.5) is 9.18 Å². The van der Waals surface area contributed by atoms with Crippen molar-refractivity contribution in [2.45, 2.75) is 47.1 Å². The Morgan fingerprint density at radius 1 is 1.32 bits per heavy atom. The quantitative estimate of drug-likeness (QED) is 0.722. The lowest BCUT2D eigenvalue weighted by atomic mass is 10.2. The zero-order chi connectivity index (χ0) is 19.3. The molecule has 0 aliphatic carbocycles. The van der Waals surface area contributed by atoms with Crippen LogP contribution in [-0.4, -0.2) is 54.4 Å². The maximum absolute atomic E-state index is 13.3. The van der Waals surface area contributed by atoms with Crippen molar-refractivity contribution in [2.75, 3.05) is 32.8 Å². The van der Waals surface area contributed by atoms with E-state index in [1.54, 1.807) is 12.1 Å². The molecular formula is C18H32FN3O3. The lowest BCUT2D eigenvalue weighted by Crippen LogP contribution is -2.39. The van der Waals surface area contributed by atoms with E-state index in [1.165, 1.54) is 6.20 Å². The van der Waals surface area contributed by atoms with Gasteiger partial charge in [-0.15, -0.1) is 0 Å². The number of carbonyl (C=O) groups is 1. The fraction of sp³-hybridized carbons (Fsp3) is 0.667. The zero-order valence-electron chi connectivity index (χ0n) is 16.3. The van der Waals surface area contributed by atoms with Crippen LogP contribution in [0, 0.1) is 5.95 Å². The summed E-state index contributed by atoms with van der Waals surface area (Å²) in [7, 11) is 0. The highest BCUT2D eigenvalue weighted by Crippen LogP contribution is 2.12. The molecule has 144 valence electrons. The fourth-order valence-electron chi connectivity index (χ4n) is 1.82. The van der Waals surface area contributed by atoms with Gasteiger partial charge in [-0.3, -0.25) is 4.90 Å². The first-order chi connectivity index (χ1) is 11.8. The molecule has 0 aliphatic rings. The molecule has 0 aromatic carbocycles. The maximum Gasteiger partial charge on any atom is 0.407 e. The lowest BCUT2D eigenvalue weighted by molar-refractivity contribution is 0.0521. The highest BCUT2D eigenvalue weighted by Gasteiger charge is 2.15. The van der Waals surface area contributed by atoms with Crippen molar-refractivity contribution < 1.29 is 18.7 Å². The summed E-state index contributed by atoms with van der Waals surface area (Å²) in [5, 5.41) is 2.71. The van der Waals surface area contributed by atoms with Gasteiger partial charge in [-0.2, -0.15) is 4.39 Å². The van der Waals surface area contributed by atoms with Gasteiger partial charge in [0.1, 0.15) is 12.2 Å². The van der Waals surface area contributed by atoms with Crippen molar-refractivity contribution in [2.24, 2.45) is 0 Å². The largest absolute Gasteiger partial charge is 0.487 e. The number of rotatable bonds is 8. The molecule has 1 amide bonds. The number of carbonyl (C=O) groups excluding carboxylic acids is 1. The van der Waals surface area contributed by atoms with Gasteiger partial charge in [0, 0.05) is 25.8 Å². The van der Waals surface area contributed by atoms with Crippen molar-refractivity contribution in [3.63, 3.8) is 0 Å². The molecule has 1 aromatic heterocycles. The number of ether oxygens (including phenoxy) is 2. The van der Waals surface area contributed by atoms with E-state index in [-0.39, 0.29) is 5.75 Å². The van der Waals surface area contributed by atoms with E-state index in [9.17, 15) is 9.18 Å². The molecule has 0 spiro atoms. The first-order valence-corrected chi connectivity index (χ1v) is 8.74. The van der Waals surface area contributed by atoms with Crippen LogP contribution in [0.1, 0.15) is 41.5 Å². The molecule has 1 rings (SSSR count). The molecule has 0 fully saturated rings. The predicted octanol–water partition coefficient (Wildman–Crippen LogP) is 3.47. The Labute approximate surface area is 150 Å². The Bertz CT molecular complexity index is 493. The van der Waals surface area contributed by atoms with Crippen LogP contribution in [0.5, 0.6) is 5.75 Å². The van der Waals surface area contributed by atoms with Gasteiger partial charge in [-0.25, -0.2) is 9.78 Å². The third kappa shape index (κ3) is 11.3. The molecule has 0 atom stereocenters. The number of alkyl carbamates (subject to hydrolysis) is 1. The van der Waals surface area contributed by atoms with E-state index in [0.29, 0.717) is 26.2 Å². The normalized spacial score (nSPS) is 10.7. The number of halogens is 1. The van der Waals surface area contributed by atoms with Crippen LogP contribution in [0.15, 0.2) is 18.3 Å². The van der Waals surface area contributed by atoms with E-state index >= 15 is 0 Å². The summed E-state index contributed by atoms with van der Waals surface area (Å²) in [5.41, 5.74) is -0.504. The highest BCUT2D eigenvalue weighted by atomic mass is 19.1. The van der Waals surface area contributed by atoms with E-state index in [4.69, 9.17) is 9.47 Å². The molecule has 0 unspecified atom stereocenters. The molecule has 1 aromatic rings. The van der Waals surface area contributed by atoms with Gasteiger partial charge in [-0.05, 0) is 39.4 Å². The minimum Gasteiger partial charge on any atom is -0.487 e. The molecule has 25 heavy (non-hydrogen) atoms. The van der Waals surface area contributed by atoms with E-state index in [2.05, 4.69) is 15.2 Å². The van der Waals surface area contributed by atoms with Crippen molar-refractivity contribution in [3.05, 3.63) is 24.3 Å². The van der Waals surface area contributed by atoms with Crippen LogP contribution >= 0.6 is 0 Å². The molecule has 0 saturated carbocycles. The monoisotopic (exact) mass is 357 g/mol. The molecule has 0 saturated heterocycles. The number of nitrogens with zero attached hydrogens (tertiary/aromatic N) is 2. The maximum atomic E-state index is 13.3. The Morgan fingerprint density at radius 2 is 2.00 bits per heavy atom. The van der Waals surface area contributed by atoms with E-state index in [1.807, 2.05) is 41.5 Å². The van der Waals surface area contributed by atoms with Crippen LogP contribution in [0.3, 0.4) is 0 Å². The summed E-state index contributed by atoms with van der Waals surface area (Å²) in [6.07, 6.45) is 0.949. The molecule has 1 N–H and O–H groups in total. The molecule has 0 aliphatic heterocycles. The first-order valence-electron chi connectivity index (χ1n) is 8.74. The van der Waals surface area contributed by atoms with Gasteiger partial charge >= 0.3 is 6.09 Å². The third-order valence-corrected chi connectivity index (χ3v) is 2.93.